The highest BCUT2D eigenvalue weighted by Crippen LogP contribution is 2.27. The number of aromatic nitrogens is 1. The van der Waals surface area contributed by atoms with Gasteiger partial charge in [0.25, 0.3) is 0 Å². The zero-order valence-electron chi connectivity index (χ0n) is 21.7. The van der Waals surface area contributed by atoms with Crippen molar-refractivity contribution in [3.63, 3.8) is 0 Å². The van der Waals surface area contributed by atoms with E-state index in [0.717, 1.165) is 67.1 Å². The van der Waals surface area contributed by atoms with Gasteiger partial charge in [-0.1, -0.05) is 37.3 Å². The molecule has 4 rings (SSSR count). The molecule has 2 aromatic carbocycles. The normalized spacial score (nSPS) is 15.4. The second-order valence-corrected chi connectivity index (χ2v) is 9.73. The molecule has 3 aromatic rings. The Morgan fingerprint density at radius 2 is 1.72 bits per heavy atom. The topological polar surface area (TPSA) is 52.4 Å². The Labute approximate surface area is 216 Å². The van der Waals surface area contributed by atoms with Crippen molar-refractivity contribution in [3.05, 3.63) is 83.7 Å². The first-order valence-corrected chi connectivity index (χ1v) is 13.2. The molecule has 1 fully saturated rings. The maximum absolute atomic E-state index is 9.19. The Hall–Kier alpha value is -3.20. The summed E-state index contributed by atoms with van der Waals surface area (Å²) >= 11 is 0. The summed E-state index contributed by atoms with van der Waals surface area (Å²) in [6.45, 7) is 11.6. The minimum Gasteiger partial charge on any atom is -0.492 e. The van der Waals surface area contributed by atoms with Crippen LogP contribution in [-0.2, 0) is 0 Å². The van der Waals surface area contributed by atoms with E-state index in [2.05, 4.69) is 58.1 Å². The lowest BCUT2D eigenvalue weighted by molar-refractivity contribution is 0.115. The van der Waals surface area contributed by atoms with E-state index in [4.69, 9.17) is 4.74 Å². The third kappa shape index (κ3) is 7.16. The highest BCUT2D eigenvalue weighted by molar-refractivity contribution is 5.62. The van der Waals surface area contributed by atoms with E-state index < -0.39 is 0 Å². The van der Waals surface area contributed by atoms with Crippen molar-refractivity contribution in [3.8, 4) is 22.9 Å². The lowest BCUT2D eigenvalue weighted by Crippen LogP contribution is -2.47. The van der Waals surface area contributed by atoms with Gasteiger partial charge in [0.2, 0.25) is 0 Å². The van der Waals surface area contributed by atoms with Crippen molar-refractivity contribution in [2.45, 2.75) is 39.0 Å². The van der Waals surface area contributed by atoms with Gasteiger partial charge in [0.05, 0.1) is 11.6 Å². The molecule has 0 aliphatic carbocycles. The summed E-state index contributed by atoms with van der Waals surface area (Å²) in [5.41, 5.74) is 5.54. The van der Waals surface area contributed by atoms with E-state index in [1.807, 2.05) is 37.4 Å². The van der Waals surface area contributed by atoms with Crippen LogP contribution in [0.2, 0.25) is 0 Å². The number of pyridine rings is 1. The van der Waals surface area contributed by atoms with Gasteiger partial charge in [-0.15, -0.1) is 0 Å². The van der Waals surface area contributed by atoms with Crippen LogP contribution in [0.1, 0.15) is 48.8 Å². The molecule has 1 saturated heterocycles. The molecule has 1 aliphatic rings. The molecule has 5 nitrogen and oxygen atoms in total. The van der Waals surface area contributed by atoms with E-state index in [1.54, 1.807) is 6.20 Å². The van der Waals surface area contributed by atoms with E-state index in [0.29, 0.717) is 12.5 Å². The van der Waals surface area contributed by atoms with Crippen molar-refractivity contribution >= 4 is 0 Å². The summed E-state index contributed by atoms with van der Waals surface area (Å²) < 4.78 is 6.01. The van der Waals surface area contributed by atoms with Crippen LogP contribution in [0.25, 0.3) is 11.1 Å². The number of ether oxygens (including phenoxy) is 1. The van der Waals surface area contributed by atoms with Crippen LogP contribution < -0.4 is 4.74 Å². The highest BCUT2D eigenvalue weighted by atomic mass is 16.5. The van der Waals surface area contributed by atoms with Crippen molar-refractivity contribution in [1.29, 1.82) is 5.26 Å². The number of hydrogen-bond donors (Lipinski definition) is 0. The van der Waals surface area contributed by atoms with Crippen molar-refractivity contribution in [2.24, 2.45) is 0 Å². The number of nitriles is 1. The maximum Gasteiger partial charge on any atom is 0.119 e. The van der Waals surface area contributed by atoms with Crippen LogP contribution in [0, 0.1) is 18.3 Å². The van der Waals surface area contributed by atoms with Gasteiger partial charge in [-0.25, -0.2) is 0 Å². The van der Waals surface area contributed by atoms with Crippen LogP contribution in [0.4, 0.5) is 0 Å². The quantitative estimate of drug-likeness (QED) is 0.341. The molecule has 36 heavy (non-hydrogen) atoms. The van der Waals surface area contributed by atoms with Crippen molar-refractivity contribution in [2.75, 3.05) is 45.9 Å². The largest absolute Gasteiger partial charge is 0.492 e. The molecular weight excluding hydrogens is 444 g/mol. The number of aryl methyl sites for hydroxylation is 1. The van der Waals surface area contributed by atoms with Crippen LogP contribution in [-0.4, -0.2) is 60.7 Å². The second-order valence-electron chi connectivity index (χ2n) is 9.73. The predicted octanol–water partition coefficient (Wildman–Crippen LogP) is 5.90. The monoisotopic (exact) mass is 482 g/mol. The van der Waals surface area contributed by atoms with Crippen molar-refractivity contribution in [1.82, 2.24) is 14.8 Å². The number of piperazine rings is 1. The number of hydrogen-bond acceptors (Lipinski definition) is 5. The van der Waals surface area contributed by atoms with E-state index >= 15 is 0 Å². The molecule has 0 radical (unpaired) electrons. The summed E-state index contributed by atoms with van der Waals surface area (Å²) in [5.74, 6) is 1.50. The summed E-state index contributed by atoms with van der Waals surface area (Å²) in [6.07, 6.45) is 7.24. The SMILES string of the molecule is CCC(CCCN1CCN(CCOc2ccc(-c3cccnc3)cc2)CC1)c1ccc(C#N)c(C)c1. The maximum atomic E-state index is 9.19. The average molecular weight is 483 g/mol. The predicted molar refractivity (Wildman–Crippen MR) is 146 cm³/mol. The Morgan fingerprint density at radius 3 is 2.36 bits per heavy atom. The first kappa shape index (κ1) is 25.9. The van der Waals surface area contributed by atoms with Crippen LogP contribution in [0.5, 0.6) is 5.75 Å². The minimum absolute atomic E-state index is 0.577. The fraction of sp³-hybridized carbons (Fsp3) is 0.419. The van der Waals surface area contributed by atoms with Crippen LogP contribution in [0.3, 0.4) is 0 Å². The van der Waals surface area contributed by atoms with Crippen LogP contribution in [0.15, 0.2) is 67.0 Å². The molecule has 2 heterocycles. The number of nitrogens with zero attached hydrogens (tertiary/aromatic N) is 4. The average Bonchev–Trinajstić information content (AvgIpc) is 2.93. The fourth-order valence-electron chi connectivity index (χ4n) is 5.04. The Bertz CT molecular complexity index is 1120. The zero-order chi connectivity index (χ0) is 25.2. The van der Waals surface area contributed by atoms with Gasteiger partial charge >= 0.3 is 0 Å². The third-order valence-electron chi connectivity index (χ3n) is 7.35. The molecule has 0 spiro atoms. The van der Waals surface area contributed by atoms with Gasteiger partial charge in [-0.3, -0.25) is 9.88 Å². The lowest BCUT2D eigenvalue weighted by atomic mass is 9.90. The summed E-state index contributed by atoms with van der Waals surface area (Å²) in [6, 6.07) is 20.9. The van der Waals surface area contributed by atoms with Gasteiger partial charge in [0.1, 0.15) is 12.4 Å². The molecule has 0 bridgehead atoms. The summed E-state index contributed by atoms with van der Waals surface area (Å²) in [4.78, 5) is 9.30. The van der Waals surface area contributed by atoms with E-state index in [-0.39, 0.29) is 0 Å². The highest BCUT2D eigenvalue weighted by Gasteiger charge is 2.17. The molecule has 0 N–H and O–H groups in total. The smallest absolute Gasteiger partial charge is 0.119 e. The fourth-order valence-corrected chi connectivity index (χ4v) is 5.04. The van der Waals surface area contributed by atoms with Gasteiger partial charge < -0.3 is 9.64 Å². The van der Waals surface area contributed by atoms with Gasteiger partial charge in [-0.05, 0) is 85.2 Å². The molecule has 1 aliphatic heterocycles. The molecule has 1 unspecified atom stereocenters. The summed E-state index contributed by atoms with van der Waals surface area (Å²) in [5, 5.41) is 9.19. The van der Waals surface area contributed by atoms with E-state index in [9.17, 15) is 5.26 Å². The van der Waals surface area contributed by atoms with Crippen LogP contribution >= 0.6 is 0 Å². The zero-order valence-corrected chi connectivity index (χ0v) is 21.7. The molecule has 0 amide bonds. The second kappa shape index (κ2) is 13.2. The Morgan fingerprint density at radius 1 is 0.972 bits per heavy atom. The Kier molecular flexibility index (Phi) is 9.49. The minimum atomic E-state index is 0.577. The Balaban J connectivity index is 1.13. The summed E-state index contributed by atoms with van der Waals surface area (Å²) in [7, 11) is 0. The molecule has 1 aromatic heterocycles. The molecular formula is C31H38N4O. The third-order valence-corrected chi connectivity index (χ3v) is 7.35. The molecule has 1 atom stereocenters. The number of rotatable bonds is 11. The van der Waals surface area contributed by atoms with E-state index in [1.165, 1.54) is 24.9 Å². The van der Waals surface area contributed by atoms with Gasteiger partial charge in [-0.2, -0.15) is 5.26 Å². The lowest BCUT2D eigenvalue weighted by Gasteiger charge is -2.34. The number of benzene rings is 2. The first-order chi connectivity index (χ1) is 17.7. The molecule has 0 saturated carbocycles. The van der Waals surface area contributed by atoms with Gasteiger partial charge in [0, 0.05) is 45.1 Å². The molecule has 5 heteroatoms. The standard InChI is InChI=1S/C31H38N4O/c1-3-26(28-8-9-29(23-32)25(2)22-28)7-5-15-34-16-18-35(19-17-34)20-21-36-31-12-10-27(11-13-31)30-6-4-14-33-24-30/h4,6,8-14,22,24,26H,3,5,7,15-21H2,1-2H3. The molecule has 188 valence electrons. The van der Waals surface area contributed by atoms with Crippen molar-refractivity contribution < 1.29 is 4.74 Å². The van der Waals surface area contributed by atoms with Gasteiger partial charge in [0.15, 0.2) is 0 Å². The first-order valence-electron chi connectivity index (χ1n) is 13.2.